The summed E-state index contributed by atoms with van der Waals surface area (Å²) in [7, 11) is 0. The van der Waals surface area contributed by atoms with Crippen molar-refractivity contribution in [3.05, 3.63) is 79.1 Å². The van der Waals surface area contributed by atoms with Gasteiger partial charge in [0.2, 0.25) is 0 Å². The van der Waals surface area contributed by atoms with Gasteiger partial charge < -0.3 is 4.52 Å². The molecule has 0 N–H and O–H groups in total. The molecule has 0 unspecified atom stereocenters. The Morgan fingerprint density at radius 2 is 1.59 bits per heavy atom. The monoisotopic (exact) mass is 374 g/mol. The van der Waals surface area contributed by atoms with Crippen molar-refractivity contribution in [2.24, 2.45) is 0 Å². The third-order valence-corrected chi connectivity index (χ3v) is 4.94. The van der Waals surface area contributed by atoms with E-state index in [2.05, 4.69) is 26.5 Å². The van der Waals surface area contributed by atoms with Gasteiger partial charge in [0.15, 0.2) is 5.58 Å². The summed E-state index contributed by atoms with van der Waals surface area (Å²) in [6.45, 7) is 0. The molecule has 6 heteroatoms. The summed E-state index contributed by atoms with van der Waals surface area (Å²) < 4.78 is 5.34. The summed E-state index contributed by atoms with van der Waals surface area (Å²) in [5.41, 5.74) is 6.29. The highest BCUT2D eigenvalue weighted by molar-refractivity contribution is 6.01. The Hall–Kier alpha value is -4.19. The molecule has 6 nitrogen and oxygen atoms in total. The molecule has 135 valence electrons. The predicted molar refractivity (Wildman–Crippen MR) is 110 cm³/mol. The van der Waals surface area contributed by atoms with Crippen LogP contribution in [0.2, 0.25) is 0 Å². The van der Waals surface area contributed by atoms with E-state index in [1.165, 1.54) is 0 Å². The number of aromatic nitrogens is 5. The number of fused-ring (bicyclic) bond motifs is 3. The summed E-state index contributed by atoms with van der Waals surface area (Å²) in [6.07, 6.45) is 4.72. The number of rotatable bonds is 2. The second kappa shape index (κ2) is 6.17. The highest BCUT2D eigenvalue weighted by Gasteiger charge is 2.18. The van der Waals surface area contributed by atoms with Crippen LogP contribution >= 0.6 is 0 Å². The van der Waals surface area contributed by atoms with Crippen molar-refractivity contribution in [1.29, 1.82) is 0 Å². The van der Waals surface area contributed by atoms with Gasteiger partial charge in [-0.15, -0.1) is 10.2 Å². The zero-order valence-electron chi connectivity index (χ0n) is 15.1. The lowest BCUT2D eigenvalue weighted by Crippen LogP contribution is -1.95. The smallest absolute Gasteiger partial charge is 0.168 e. The molecule has 1 radical (unpaired) electrons. The summed E-state index contributed by atoms with van der Waals surface area (Å²) in [5.74, 6) is 0. The lowest BCUT2D eigenvalue weighted by Gasteiger charge is -2.10. The fourth-order valence-electron chi connectivity index (χ4n) is 3.56. The average Bonchev–Trinajstić information content (AvgIpc) is 3.26. The van der Waals surface area contributed by atoms with Crippen LogP contribution in [0.25, 0.3) is 55.4 Å². The van der Waals surface area contributed by atoms with E-state index in [-0.39, 0.29) is 0 Å². The van der Waals surface area contributed by atoms with Crippen LogP contribution < -0.4 is 0 Å². The van der Waals surface area contributed by atoms with Crippen molar-refractivity contribution >= 4 is 32.9 Å². The molecule has 0 spiro atoms. The summed E-state index contributed by atoms with van der Waals surface area (Å²) in [6, 6.07) is 21.5. The molecule has 3 aromatic heterocycles. The van der Waals surface area contributed by atoms with Gasteiger partial charge in [-0.05, 0) is 36.4 Å². The van der Waals surface area contributed by atoms with Crippen LogP contribution in [0.5, 0.6) is 0 Å². The number of benzene rings is 3. The van der Waals surface area contributed by atoms with Gasteiger partial charge in [-0.25, -0.2) is 4.98 Å². The first kappa shape index (κ1) is 15.8. The third-order valence-electron chi connectivity index (χ3n) is 4.94. The van der Waals surface area contributed by atoms with Crippen molar-refractivity contribution in [3.63, 3.8) is 0 Å². The largest absolute Gasteiger partial charge is 0.356 e. The Kier molecular flexibility index (Phi) is 3.37. The van der Waals surface area contributed by atoms with Crippen LogP contribution in [-0.2, 0) is 0 Å². The fraction of sp³-hybridized carbons (Fsp3) is 0. The lowest BCUT2D eigenvalue weighted by atomic mass is 9.97. The minimum Gasteiger partial charge on any atom is -0.356 e. The van der Waals surface area contributed by atoms with E-state index < -0.39 is 0 Å². The molecule has 6 rings (SSSR count). The number of hydrogen-bond acceptors (Lipinski definition) is 6. The van der Waals surface area contributed by atoms with E-state index >= 15 is 0 Å². The Bertz CT molecular complexity index is 1520. The van der Waals surface area contributed by atoms with Crippen LogP contribution in [-0.4, -0.2) is 25.3 Å². The molecule has 0 amide bonds. The van der Waals surface area contributed by atoms with E-state index in [1.54, 1.807) is 6.20 Å². The van der Waals surface area contributed by atoms with E-state index in [1.807, 2.05) is 66.7 Å². The highest BCUT2D eigenvalue weighted by Crippen LogP contribution is 2.37. The zero-order chi connectivity index (χ0) is 19.2. The molecule has 0 fully saturated rings. The molecule has 6 aromatic rings. The summed E-state index contributed by atoms with van der Waals surface area (Å²) >= 11 is 0. The fourth-order valence-corrected chi connectivity index (χ4v) is 3.56. The van der Waals surface area contributed by atoms with E-state index in [9.17, 15) is 0 Å². The van der Waals surface area contributed by atoms with Crippen LogP contribution in [0.15, 0.2) is 77.4 Å². The molecule has 29 heavy (non-hydrogen) atoms. The van der Waals surface area contributed by atoms with Gasteiger partial charge in [-0.1, -0.05) is 35.5 Å². The third kappa shape index (κ3) is 2.54. The molecule has 0 bridgehead atoms. The molecule has 0 aliphatic carbocycles. The predicted octanol–water partition coefficient (Wildman–Crippen LogP) is 4.85. The topological polar surface area (TPSA) is 77.6 Å². The second-order valence-corrected chi connectivity index (χ2v) is 6.69. The van der Waals surface area contributed by atoms with Gasteiger partial charge in [-0.2, -0.15) is 0 Å². The van der Waals surface area contributed by atoms with Crippen molar-refractivity contribution in [2.75, 3.05) is 0 Å². The quantitative estimate of drug-likeness (QED) is 0.431. The minimum atomic E-state index is 0.632. The Labute approximate surface area is 164 Å². The van der Waals surface area contributed by atoms with Gasteiger partial charge in [-0.3, -0.25) is 4.98 Å². The maximum absolute atomic E-state index is 5.34. The first-order valence-corrected chi connectivity index (χ1v) is 9.12. The molecule has 0 aliphatic rings. The first-order valence-electron chi connectivity index (χ1n) is 9.12. The second-order valence-electron chi connectivity index (χ2n) is 6.69. The maximum Gasteiger partial charge on any atom is 0.168 e. The van der Waals surface area contributed by atoms with E-state index in [0.29, 0.717) is 11.3 Å². The molecule has 0 saturated carbocycles. The summed E-state index contributed by atoms with van der Waals surface area (Å²) in [4.78, 5) is 9.37. The number of nitrogens with zero attached hydrogens (tertiary/aromatic N) is 5. The van der Waals surface area contributed by atoms with Crippen LogP contribution in [0.4, 0.5) is 0 Å². The Balaban J connectivity index is 1.66. The van der Waals surface area contributed by atoms with Gasteiger partial charge in [0.25, 0.3) is 0 Å². The van der Waals surface area contributed by atoms with Crippen LogP contribution in [0.1, 0.15) is 0 Å². The Morgan fingerprint density at radius 1 is 0.759 bits per heavy atom. The SMILES string of the molecule is [c]1noc2ccc(-c3cnc4ccccc4n3)c(-c3cc4ccccc4nn3)c12. The zero-order valence-corrected chi connectivity index (χ0v) is 15.1. The highest BCUT2D eigenvalue weighted by atomic mass is 16.5. The Morgan fingerprint density at radius 3 is 2.52 bits per heavy atom. The summed E-state index contributed by atoms with van der Waals surface area (Å²) in [5, 5.41) is 14.4. The molecular weight excluding hydrogens is 362 g/mol. The van der Waals surface area contributed by atoms with Crippen LogP contribution in [0.3, 0.4) is 0 Å². The van der Waals surface area contributed by atoms with Crippen LogP contribution in [0, 0.1) is 6.20 Å². The van der Waals surface area contributed by atoms with Crippen molar-refractivity contribution in [1.82, 2.24) is 25.3 Å². The molecule has 0 atom stereocenters. The number of hydrogen-bond donors (Lipinski definition) is 0. The molecular formula is C23H12N5O. The molecule has 3 aromatic carbocycles. The standard InChI is InChI=1S/C23H12N5O/c1-2-6-17-14(5-1)11-20(28-27-17)23-15(9-10-22-16(23)12-25-29-22)21-13-24-18-7-3-4-8-19(18)26-21/h1-11,13H. The normalized spacial score (nSPS) is 11.4. The first-order chi connectivity index (χ1) is 14.4. The van der Waals surface area contributed by atoms with Gasteiger partial charge in [0.1, 0.15) is 6.20 Å². The minimum absolute atomic E-state index is 0.632. The maximum atomic E-state index is 5.34. The van der Waals surface area contributed by atoms with Crippen molar-refractivity contribution < 1.29 is 4.52 Å². The van der Waals surface area contributed by atoms with Gasteiger partial charge in [0, 0.05) is 16.5 Å². The molecule has 3 heterocycles. The van der Waals surface area contributed by atoms with E-state index in [0.717, 1.165) is 44.1 Å². The molecule has 0 aliphatic heterocycles. The molecule has 0 saturated heterocycles. The van der Waals surface area contributed by atoms with Gasteiger partial charge >= 0.3 is 0 Å². The van der Waals surface area contributed by atoms with Crippen molar-refractivity contribution in [2.45, 2.75) is 0 Å². The average molecular weight is 374 g/mol. The van der Waals surface area contributed by atoms with Crippen molar-refractivity contribution in [3.8, 4) is 22.5 Å². The van der Waals surface area contributed by atoms with Gasteiger partial charge in [0.05, 0.1) is 39.5 Å². The lowest BCUT2D eigenvalue weighted by molar-refractivity contribution is 0.454. The van der Waals surface area contributed by atoms with E-state index in [4.69, 9.17) is 9.51 Å². The number of para-hydroxylation sites is 2.